The predicted octanol–water partition coefficient (Wildman–Crippen LogP) is 5.79. The van der Waals surface area contributed by atoms with Crippen LogP contribution in [-0.4, -0.2) is 40.4 Å². The van der Waals surface area contributed by atoms with Gasteiger partial charge in [-0.1, -0.05) is 58.4 Å². The third-order valence-corrected chi connectivity index (χ3v) is 8.51. The Labute approximate surface area is 222 Å². The van der Waals surface area contributed by atoms with Crippen molar-refractivity contribution in [3.05, 3.63) is 63.0 Å². The highest BCUT2D eigenvalue weighted by Gasteiger charge is 2.40. The zero-order chi connectivity index (χ0) is 26.2. The number of rotatable bonds is 6. The fourth-order valence-corrected chi connectivity index (χ4v) is 6.64. The molecule has 1 N–H and O–H groups in total. The van der Waals surface area contributed by atoms with Crippen LogP contribution in [0.5, 0.6) is 0 Å². The molecule has 0 unspecified atom stereocenters. The number of amides is 2. The minimum Gasteiger partial charge on any atom is -0.354 e. The van der Waals surface area contributed by atoms with Gasteiger partial charge < -0.3 is 5.32 Å². The molecule has 1 aliphatic rings. The Kier molecular flexibility index (Phi) is 7.67. The van der Waals surface area contributed by atoms with Gasteiger partial charge in [-0.15, -0.1) is 23.1 Å². The molecule has 0 bridgehead atoms. The lowest BCUT2D eigenvalue weighted by molar-refractivity contribution is -0.123. The van der Waals surface area contributed by atoms with Crippen molar-refractivity contribution in [1.82, 2.24) is 15.1 Å². The second-order valence-electron chi connectivity index (χ2n) is 10.9. The predicted molar refractivity (Wildman–Crippen MR) is 151 cm³/mol. The number of hydrogen-bond donors (Lipinski definition) is 1. The Balaban J connectivity index is 1.97. The van der Waals surface area contributed by atoms with Crippen LogP contribution in [0, 0.1) is 19.8 Å². The van der Waals surface area contributed by atoms with Crippen LogP contribution in [0.4, 0.5) is 5.82 Å². The Hall–Kier alpha value is -2.58. The number of aromatic nitrogens is 2. The van der Waals surface area contributed by atoms with E-state index < -0.39 is 0 Å². The lowest BCUT2D eigenvalue weighted by atomic mass is 9.88. The summed E-state index contributed by atoms with van der Waals surface area (Å²) in [5.74, 6) is 1.10. The Morgan fingerprint density at radius 3 is 2.58 bits per heavy atom. The van der Waals surface area contributed by atoms with Crippen molar-refractivity contribution in [2.75, 3.05) is 23.7 Å². The van der Waals surface area contributed by atoms with Crippen molar-refractivity contribution in [2.45, 2.75) is 59.1 Å². The lowest BCUT2D eigenvalue weighted by Crippen LogP contribution is -2.43. The van der Waals surface area contributed by atoms with Gasteiger partial charge in [-0.25, -0.2) is 4.68 Å². The SMILES string of the molecule is Cc1ccc(-n2nc(C(C)(C)C)c3c2N(CC(=O)NCC(C)C)C(=O)CS[C@@H]3c2cccs2)c(C)c1. The van der Waals surface area contributed by atoms with E-state index in [1.165, 1.54) is 10.4 Å². The van der Waals surface area contributed by atoms with Gasteiger partial charge in [-0.2, -0.15) is 5.10 Å². The summed E-state index contributed by atoms with van der Waals surface area (Å²) >= 11 is 3.31. The average molecular weight is 525 g/mol. The largest absolute Gasteiger partial charge is 0.354 e. The van der Waals surface area contributed by atoms with Crippen LogP contribution in [-0.2, 0) is 15.0 Å². The number of fused-ring (bicyclic) bond motifs is 1. The summed E-state index contributed by atoms with van der Waals surface area (Å²) in [6.07, 6.45) is 0. The van der Waals surface area contributed by atoms with E-state index in [-0.39, 0.29) is 29.0 Å². The molecule has 0 radical (unpaired) electrons. The molecule has 1 atom stereocenters. The molecule has 0 spiro atoms. The fraction of sp³-hybridized carbons (Fsp3) is 0.464. The highest BCUT2D eigenvalue weighted by molar-refractivity contribution is 8.00. The van der Waals surface area contributed by atoms with Crippen molar-refractivity contribution in [1.29, 1.82) is 0 Å². The maximum absolute atomic E-state index is 13.6. The molecule has 36 heavy (non-hydrogen) atoms. The molecule has 8 heteroatoms. The monoisotopic (exact) mass is 524 g/mol. The summed E-state index contributed by atoms with van der Waals surface area (Å²) in [4.78, 5) is 29.5. The lowest BCUT2D eigenvalue weighted by Gasteiger charge is -2.24. The highest BCUT2D eigenvalue weighted by Crippen LogP contribution is 2.49. The number of aryl methyl sites for hydroxylation is 2. The van der Waals surface area contributed by atoms with Gasteiger partial charge in [0.1, 0.15) is 12.4 Å². The molecular weight excluding hydrogens is 488 g/mol. The van der Waals surface area contributed by atoms with E-state index >= 15 is 0 Å². The Morgan fingerprint density at radius 2 is 1.97 bits per heavy atom. The van der Waals surface area contributed by atoms with Gasteiger partial charge in [-0.3, -0.25) is 14.5 Å². The van der Waals surface area contributed by atoms with E-state index in [1.54, 1.807) is 28.0 Å². The average Bonchev–Trinajstić information content (AvgIpc) is 3.42. The molecular formula is C28H36N4O2S2. The molecule has 0 saturated heterocycles. The van der Waals surface area contributed by atoms with E-state index in [4.69, 9.17) is 5.10 Å². The van der Waals surface area contributed by atoms with Crippen LogP contribution in [0.3, 0.4) is 0 Å². The first-order valence-corrected chi connectivity index (χ1v) is 14.3. The molecule has 1 aromatic carbocycles. The summed E-state index contributed by atoms with van der Waals surface area (Å²) in [7, 11) is 0. The van der Waals surface area contributed by atoms with Crippen molar-refractivity contribution in [3.63, 3.8) is 0 Å². The van der Waals surface area contributed by atoms with Gasteiger partial charge in [0.15, 0.2) is 0 Å². The second kappa shape index (κ2) is 10.4. The van der Waals surface area contributed by atoms with Crippen LogP contribution in [0.15, 0.2) is 35.7 Å². The number of benzene rings is 1. The maximum Gasteiger partial charge on any atom is 0.240 e. The van der Waals surface area contributed by atoms with Gasteiger partial charge in [0.2, 0.25) is 11.8 Å². The zero-order valence-corrected chi connectivity index (χ0v) is 23.8. The topological polar surface area (TPSA) is 67.2 Å². The quantitative estimate of drug-likeness (QED) is 0.443. The number of hydrogen-bond acceptors (Lipinski definition) is 5. The minimum atomic E-state index is -0.261. The molecule has 2 aromatic heterocycles. The van der Waals surface area contributed by atoms with Gasteiger partial charge in [0.05, 0.1) is 22.4 Å². The first kappa shape index (κ1) is 26.5. The molecule has 4 rings (SSSR count). The zero-order valence-electron chi connectivity index (χ0n) is 22.2. The van der Waals surface area contributed by atoms with Crippen molar-refractivity contribution < 1.29 is 9.59 Å². The maximum atomic E-state index is 13.6. The van der Waals surface area contributed by atoms with Crippen LogP contribution >= 0.6 is 23.1 Å². The normalized spacial score (nSPS) is 16.3. The summed E-state index contributed by atoms with van der Waals surface area (Å²) < 4.78 is 1.91. The molecule has 2 amide bonds. The van der Waals surface area contributed by atoms with Crippen LogP contribution in [0.1, 0.15) is 67.1 Å². The number of nitrogens with zero attached hydrogens (tertiary/aromatic N) is 3. The Morgan fingerprint density at radius 1 is 1.22 bits per heavy atom. The highest BCUT2D eigenvalue weighted by atomic mass is 32.2. The van der Waals surface area contributed by atoms with Crippen LogP contribution < -0.4 is 10.2 Å². The molecule has 3 heterocycles. The third kappa shape index (κ3) is 5.39. The second-order valence-corrected chi connectivity index (χ2v) is 13.0. The molecule has 6 nitrogen and oxygen atoms in total. The summed E-state index contributed by atoms with van der Waals surface area (Å²) in [6.45, 7) is 15.3. The molecule has 3 aromatic rings. The number of carbonyl (C=O) groups excluding carboxylic acids is 2. The van der Waals surface area contributed by atoms with Gasteiger partial charge in [0.25, 0.3) is 0 Å². The minimum absolute atomic E-state index is 0.0313. The van der Waals surface area contributed by atoms with Gasteiger partial charge in [-0.05, 0) is 42.8 Å². The summed E-state index contributed by atoms with van der Waals surface area (Å²) in [5.41, 5.74) is 4.87. The molecule has 192 valence electrons. The molecule has 0 saturated carbocycles. The van der Waals surface area contributed by atoms with Gasteiger partial charge in [0, 0.05) is 22.4 Å². The first-order valence-electron chi connectivity index (χ1n) is 12.4. The number of carbonyl (C=O) groups is 2. The van der Waals surface area contributed by atoms with E-state index in [1.807, 2.05) is 4.68 Å². The number of thiophene rings is 1. The van der Waals surface area contributed by atoms with Crippen molar-refractivity contribution >= 4 is 40.7 Å². The van der Waals surface area contributed by atoms with E-state index in [9.17, 15) is 9.59 Å². The molecule has 0 fully saturated rings. The number of nitrogens with one attached hydrogen (secondary N) is 1. The van der Waals surface area contributed by atoms with E-state index in [2.05, 4.69) is 89.5 Å². The third-order valence-electron chi connectivity index (χ3n) is 6.19. The van der Waals surface area contributed by atoms with Crippen LogP contribution in [0.25, 0.3) is 5.69 Å². The van der Waals surface area contributed by atoms with E-state index in [0.717, 1.165) is 22.5 Å². The van der Waals surface area contributed by atoms with Crippen molar-refractivity contribution in [2.24, 2.45) is 5.92 Å². The summed E-state index contributed by atoms with van der Waals surface area (Å²) in [6, 6.07) is 10.4. The molecule has 1 aliphatic heterocycles. The number of thioether (sulfide) groups is 1. The standard InChI is InChI=1S/C28H36N4O2S2/c1-17(2)14-29-22(33)15-31-23(34)16-36-25(21-9-8-12-35-21)24-26(28(5,6)7)30-32(27(24)31)20-11-10-18(3)13-19(20)4/h8-13,17,25H,14-16H2,1-7H3,(H,29,33)/t25-/m1/s1. The van der Waals surface area contributed by atoms with Gasteiger partial charge >= 0.3 is 0 Å². The first-order chi connectivity index (χ1) is 17.0. The number of anilines is 1. The fourth-order valence-electron chi connectivity index (χ4n) is 4.47. The van der Waals surface area contributed by atoms with E-state index in [0.29, 0.717) is 24.0 Å². The smallest absolute Gasteiger partial charge is 0.240 e. The Bertz CT molecular complexity index is 1260. The molecule has 0 aliphatic carbocycles. The summed E-state index contributed by atoms with van der Waals surface area (Å²) in [5, 5.41) is 10.2. The van der Waals surface area contributed by atoms with Crippen molar-refractivity contribution in [3.8, 4) is 5.69 Å². The van der Waals surface area contributed by atoms with Crippen LogP contribution in [0.2, 0.25) is 0 Å².